The Bertz CT molecular complexity index is 773. The van der Waals surface area contributed by atoms with Gasteiger partial charge in [0.15, 0.2) is 0 Å². The molecule has 2 aromatic heterocycles. The zero-order valence-corrected chi connectivity index (χ0v) is 17.2. The number of Topliss-reactive ketones (excluding diaryl/α,β-unsaturated/α-hetero) is 1. The molecule has 0 spiro atoms. The van der Waals surface area contributed by atoms with Crippen molar-refractivity contribution in [1.29, 1.82) is 0 Å². The Morgan fingerprint density at radius 1 is 1.37 bits per heavy atom. The summed E-state index contributed by atoms with van der Waals surface area (Å²) in [6, 6.07) is 6.14. The lowest BCUT2D eigenvalue weighted by atomic mass is 9.68. The maximum Gasteiger partial charge on any atom is 0.142 e. The number of ketones is 1. The highest BCUT2D eigenvalue weighted by Crippen LogP contribution is 2.39. The van der Waals surface area contributed by atoms with E-state index in [-0.39, 0.29) is 5.92 Å². The molecule has 148 valence electrons. The van der Waals surface area contributed by atoms with Crippen LogP contribution in [0.4, 0.5) is 0 Å². The molecule has 0 radical (unpaired) electrons. The van der Waals surface area contributed by atoms with Gasteiger partial charge in [0.2, 0.25) is 0 Å². The zero-order valence-electron chi connectivity index (χ0n) is 17.2. The van der Waals surface area contributed by atoms with Crippen molar-refractivity contribution in [2.24, 2.45) is 36.5 Å². The van der Waals surface area contributed by atoms with Crippen LogP contribution >= 0.6 is 0 Å². The van der Waals surface area contributed by atoms with Crippen LogP contribution in [0.5, 0.6) is 0 Å². The van der Waals surface area contributed by atoms with Gasteiger partial charge >= 0.3 is 0 Å². The van der Waals surface area contributed by atoms with Crippen LogP contribution in [0.15, 0.2) is 24.4 Å². The lowest BCUT2D eigenvalue weighted by Crippen LogP contribution is -2.34. The number of hydrogen-bond acceptors (Lipinski definition) is 3. The Kier molecular flexibility index (Phi) is 6.20. The number of rotatable bonds is 7. The standard InChI is InChI=1S/C22H34N4O/c1-15(2)18-8-7-16(3)12-19(18)22(27)14-17-13-20(24-26(17)11-9-23)21-6-5-10-25(21)4/h5-6,10,13,15-16,18-19H,7-9,11-12,14,23H2,1-4H3/t16-,18+,19-/m1/s1. The smallest absolute Gasteiger partial charge is 0.142 e. The van der Waals surface area contributed by atoms with Gasteiger partial charge < -0.3 is 10.3 Å². The van der Waals surface area contributed by atoms with Gasteiger partial charge in [-0.15, -0.1) is 0 Å². The number of carbonyl (C=O) groups excluding carboxylic acids is 1. The molecule has 0 unspecified atom stereocenters. The van der Waals surface area contributed by atoms with E-state index >= 15 is 0 Å². The molecule has 1 aliphatic carbocycles. The van der Waals surface area contributed by atoms with Gasteiger partial charge in [0.25, 0.3) is 0 Å². The molecule has 2 aromatic rings. The minimum absolute atomic E-state index is 0.175. The molecular weight excluding hydrogens is 336 g/mol. The number of nitrogens with zero attached hydrogens (tertiary/aromatic N) is 3. The van der Waals surface area contributed by atoms with E-state index < -0.39 is 0 Å². The van der Waals surface area contributed by atoms with Gasteiger partial charge in [-0.05, 0) is 48.8 Å². The maximum atomic E-state index is 13.3. The number of hydrogen-bond donors (Lipinski definition) is 1. The molecule has 2 heterocycles. The topological polar surface area (TPSA) is 65.8 Å². The molecule has 1 saturated carbocycles. The van der Waals surface area contributed by atoms with Crippen molar-refractivity contribution in [3.63, 3.8) is 0 Å². The van der Waals surface area contributed by atoms with E-state index in [1.165, 1.54) is 12.8 Å². The van der Waals surface area contributed by atoms with E-state index in [1.54, 1.807) is 0 Å². The Morgan fingerprint density at radius 2 is 2.15 bits per heavy atom. The third-order valence-corrected chi connectivity index (χ3v) is 6.20. The molecule has 5 nitrogen and oxygen atoms in total. The molecule has 0 aromatic carbocycles. The molecule has 2 N–H and O–H groups in total. The van der Waals surface area contributed by atoms with E-state index in [0.29, 0.717) is 43.0 Å². The van der Waals surface area contributed by atoms with Crippen LogP contribution in [0.25, 0.3) is 11.4 Å². The summed E-state index contributed by atoms with van der Waals surface area (Å²) in [6.07, 6.45) is 5.91. The summed E-state index contributed by atoms with van der Waals surface area (Å²) in [7, 11) is 2.01. The first-order valence-electron chi connectivity index (χ1n) is 10.3. The third-order valence-electron chi connectivity index (χ3n) is 6.20. The first-order valence-corrected chi connectivity index (χ1v) is 10.3. The van der Waals surface area contributed by atoms with Crippen LogP contribution in [0, 0.1) is 23.7 Å². The van der Waals surface area contributed by atoms with Crippen molar-refractivity contribution >= 4 is 5.78 Å². The van der Waals surface area contributed by atoms with Crippen LogP contribution in [-0.4, -0.2) is 26.7 Å². The van der Waals surface area contributed by atoms with Gasteiger partial charge in [0, 0.05) is 37.8 Å². The molecule has 0 bridgehead atoms. The van der Waals surface area contributed by atoms with E-state index in [2.05, 4.69) is 37.5 Å². The van der Waals surface area contributed by atoms with Gasteiger partial charge in [0.1, 0.15) is 11.5 Å². The number of aromatic nitrogens is 3. The van der Waals surface area contributed by atoms with E-state index in [9.17, 15) is 4.79 Å². The summed E-state index contributed by atoms with van der Waals surface area (Å²) in [4.78, 5) is 13.3. The average molecular weight is 371 g/mol. The summed E-state index contributed by atoms with van der Waals surface area (Å²) >= 11 is 0. The second-order valence-corrected chi connectivity index (χ2v) is 8.61. The fourth-order valence-corrected chi connectivity index (χ4v) is 4.65. The number of nitrogens with two attached hydrogens (primary N) is 1. The van der Waals surface area contributed by atoms with Crippen molar-refractivity contribution in [2.75, 3.05) is 6.54 Å². The molecule has 0 saturated heterocycles. The molecular formula is C22H34N4O. The second kappa shape index (κ2) is 8.42. The van der Waals surface area contributed by atoms with Crippen molar-refractivity contribution < 1.29 is 4.79 Å². The molecule has 1 aliphatic rings. The van der Waals surface area contributed by atoms with Gasteiger partial charge in [-0.25, -0.2) is 0 Å². The molecule has 3 rings (SSSR count). The number of aryl methyl sites for hydroxylation is 1. The summed E-state index contributed by atoms with van der Waals surface area (Å²) in [5.41, 5.74) is 8.75. The summed E-state index contributed by atoms with van der Waals surface area (Å²) < 4.78 is 3.98. The molecule has 3 atom stereocenters. The first-order chi connectivity index (χ1) is 12.9. The SMILES string of the molecule is CC(C)[C@@H]1CC[C@@H](C)C[C@H]1C(=O)Cc1cc(-c2cccn2C)nn1CCN. The van der Waals surface area contributed by atoms with Gasteiger partial charge in [-0.3, -0.25) is 9.48 Å². The van der Waals surface area contributed by atoms with Crippen LogP contribution in [0.3, 0.4) is 0 Å². The van der Waals surface area contributed by atoms with Crippen LogP contribution in [0.1, 0.15) is 45.7 Å². The zero-order chi connectivity index (χ0) is 19.6. The van der Waals surface area contributed by atoms with Crippen molar-refractivity contribution in [3.05, 3.63) is 30.1 Å². The monoisotopic (exact) mass is 370 g/mol. The largest absolute Gasteiger partial charge is 0.349 e. The first kappa shape index (κ1) is 19.9. The van der Waals surface area contributed by atoms with Gasteiger partial charge in [0.05, 0.1) is 12.2 Å². The molecule has 27 heavy (non-hydrogen) atoms. The Labute approximate surface area is 162 Å². The van der Waals surface area contributed by atoms with E-state index in [1.807, 2.05) is 24.0 Å². The van der Waals surface area contributed by atoms with Crippen molar-refractivity contribution in [3.8, 4) is 11.4 Å². The van der Waals surface area contributed by atoms with Crippen LogP contribution in [-0.2, 0) is 24.8 Å². The molecule has 5 heteroatoms. The maximum absolute atomic E-state index is 13.3. The normalized spacial score (nSPS) is 23.1. The number of carbonyl (C=O) groups is 1. The summed E-state index contributed by atoms with van der Waals surface area (Å²) in [5, 5.41) is 4.73. The van der Waals surface area contributed by atoms with E-state index in [4.69, 9.17) is 10.8 Å². The van der Waals surface area contributed by atoms with Crippen LogP contribution in [0.2, 0.25) is 0 Å². The molecule has 0 aliphatic heterocycles. The Hall–Kier alpha value is -1.88. The highest BCUT2D eigenvalue weighted by atomic mass is 16.1. The molecule has 1 fully saturated rings. The highest BCUT2D eigenvalue weighted by Gasteiger charge is 2.35. The summed E-state index contributed by atoms with van der Waals surface area (Å²) in [6.45, 7) is 7.95. The average Bonchev–Trinajstić information content (AvgIpc) is 3.21. The molecule has 0 amide bonds. The minimum Gasteiger partial charge on any atom is -0.349 e. The fourth-order valence-electron chi connectivity index (χ4n) is 4.65. The lowest BCUT2D eigenvalue weighted by molar-refractivity contribution is -0.126. The predicted molar refractivity (Wildman–Crippen MR) is 109 cm³/mol. The summed E-state index contributed by atoms with van der Waals surface area (Å²) in [5.74, 6) is 2.25. The minimum atomic E-state index is 0.175. The lowest BCUT2D eigenvalue weighted by Gasteiger charge is -2.36. The highest BCUT2D eigenvalue weighted by molar-refractivity contribution is 5.83. The second-order valence-electron chi connectivity index (χ2n) is 8.61. The quantitative estimate of drug-likeness (QED) is 0.809. The van der Waals surface area contributed by atoms with Crippen molar-refractivity contribution in [1.82, 2.24) is 14.3 Å². The van der Waals surface area contributed by atoms with Crippen LogP contribution < -0.4 is 5.73 Å². The third kappa shape index (κ3) is 4.34. The van der Waals surface area contributed by atoms with Gasteiger partial charge in [-0.1, -0.05) is 27.2 Å². The predicted octanol–water partition coefficient (Wildman–Crippen LogP) is 3.67. The van der Waals surface area contributed by atoms with Crippen molar-refractivity contribution in [2.45, 2.75) is 53.0 Å². The Morgan fingerprint density at radius 3 is 2.78 bits per heavy atom. The Balaban J connectivity index is 1.84. The van der Waals surface area contributed by atoms with E-state index in [0.717, 1.165) is 23.5 Å². The fraction of sp³-hybridized carbons (Fsp3) is 0.636. The van der Waals surface area contributed by atoms with Gasteiger partial charge in [-0.2, -0.15) is 5.10 Å².